The Morgan fingerprint density at radius 1 is 1.38 bits per heavy atom. The summed E-state index contributed by atoms with van der Waals surface area (Å²) < 4.78 is 0. The van der Waals surface area contributed by atoms with E-state index in [1.54, 1.807) is 11.3 Å². The van der Waals surface area contributed by atoms with Crippen LogP contribution in [0.5, 0.6) is 0 Å². The molecule has 5 heteroatoms. The number of hydrogen-bond donors (Lipinski definition) is 2. The maximum atomic E-state index is 11.9. The van der Waals surface area contributed by atoms with E-state index in [0.717, 1.165) is 9.75 Å². The molecule has 2 rings (SSSR count). The van der Waals surface area contributed by atoms with Crippen LogP contribution in [0.4, 0.5) is 0 Å². The molecule has 0 saturated carbocycles. The molecule has 0 unspecified atom stereocenters. The minimum absolute atomic E-state index is 0.0982. The van der Waals surface area contributed by atoms with Gasteiger partial charge in [-0.25, -0.2) is 0 Å². The first-order chi connectivity index (χ1) is 10.3. The third-order valence-electron chi connectivity index (χ3n) is 3.38. The van der Waals surface area contributed by atoms with Crippen LogP contribution >= 0.6 is 23.1 Å². The van der Waals surface area contributed by atoms with Gasteiger partial charge in [-0.3, -0.25) is 4.79 Å². The van der Waals surface area contributed by atoms with Crippen molar-refractivity contribution in [3.05, 3.63) is 21.9 Å². The summed E-state index contributed by atoms with van der Waals surface area (Å²) in [6.07, 6.45) is 3.50. The number of aliphatic hydroxyl groups excluding tert-OH is 1. The minimum atomic E-state index is 0.0982. The third-order valence-corrected chi connectivity index (χ3v) is 5.43. The first kappa shape index (κ1) is 16.4. The molecular weight excluding hydrogens is 302 g/mol. The normalized spacial score (nSPS) is 15.3. The molecule has 1 aromatic rings. The van der Waals surface area contributed by atoms with Crippen molar-refractivity contribution in [2.45, 2.75) is 32.2 Å². The molecule has 0 spiro atoms. The van der Waals surface area contributed by atoms with Gasteiger partial charge in [0.2, 0.25) is 5.91 Å². The van der Waals surface area contributed by atoms with Crippen molar-refractivity contribution in [2.75, 3.05) is 18.1 Å². The van der Waals surface area contributed by atoms with Crippen molar-refractivity contribution in [3.8, 4) is 11.8 Å². The number of nitrogens with one attached hydrogen (secondary N) is 1. The van der Waals surface area contributed by atoms with Crippen LogP contribution in [0.3, 0.4) is 0 Å². The SMILES string of the molecule is O=C(CC1CCSCC1)NCc1ccc(C#CCCO)s1. The van der Waals surface area contributed by atoms with Gasteiger partial charge in [0.25, 0.3) is 0 Å². The number of carbonyl (C=O) groups excluding carboxylic acids is 1. The fraction of sp³-hybridized carbons (Fsp3) is 0.562. The first-order valence-electron chi connectivity index (χ1n) is 7.31. The van der Waals surface area contributed by atoms with E-state index in [-0.39, 0.29) is 12.5 Å². The Balaban J connectivity index is 1.72. The predicted molar refractivity (Wildman–Crippen MR) is 89.4 cm³/mol. The van der Waals surface area contributed by atoms with Gasteiger partial charge in [-0.2, -0.15) is 11.8 Å². The molecule has 0 atom stereocenters. The second-order valence-corrected chi connectivity index (χ2v) is 7.47. The molecule has 2 heterocycles. The molecule has 1 saturated heterocycles. The zero-order chi connectivity index (χ0) is 14.9. The Kier molecular flexibility index (Phi) is 7.14. The lowest BCUT2D eigenvalue weighted by molar-refractivity contribution is -0.122. The molecule has 1 aliphatic heterocycles. The molecule has 0 aliphatic carbocycles. The molecule has 0 radical (unpaired) electrons. The minimum Gasteiger partial charge on any atom is -0.395 e. The van der Waals surface area contributed by atoms with Crippen LogP contribution in [0.1, 0.15) is 35.4 Å². The van der Waals surface area contributed by atoms with E-state index >= 15 is 0 Å². The Bertz CT molecular complexity index is 510. The van der Waals surface area contributed by atoms with Crippen molar-refractivity contribution in [1.29, 1.82) is 0 Å². The van der Waals surface area contributed by atoms with Crippen LogP contribution in [0, 0.1) is 17.8 Å². The zero-order valence-corrected chi connectivity index (χ0v) is 13.7. The molecule has 1 aromatic heterocycles. The molecule has 1 fully saturated rings. The Morgan fingerprint density at radius 3 is 2.95 bits per heavy atom. The molecule has 0 aromatic carbocycles. The van der Waals surface area contributed by atoms with Gasteiger partial charge >= 0.3 is 0 Å². The van der Waals surface area contributed by atoms with Crippen LogP contribution in [0.15, 0.2) is 12.1 Å². The highest BCUT2D eigenvalue weighted by Gasteiger charge is 2.17. The molecule has 1 aliphatic rings. The number of amides is 1. The lowest BCUT2D eigenvalue weighted by atomic mass is 9.98. The summed E-state index contributed by atoms with van der Waals surface area (Å²) in [7, 11) is 0. The van der Waals surface area contributed by atoms with Gasteiger partial charge in [0.15, 0.2) is 0 Å². The monoisotopic (exact) mass is 323 g/mol. The van der Waals surface area contributed by atoms with Gasteiger partial charge < -0.3 is 10.4 Å². The summed E-state index contributed by atoms with van der Waals surface area (Å²) in [5, 5.41) is 11.7. The molecular formula is C16H21NO2S2. The van der Waals surface area contributed by atoms with Crippen LogP contribution in [-0.2, 0) is 11.3 Å². The van der Waals surface area contributed by atoms with E-state index in [2.05, 4.69) is 17.2 Å². The van der Waals surface area contributed by atoms with Crippen LogP contribution in [0.25, 0.3) is 0 Å². The summed E-state index contributed by atoms with van der Waals surface area (Å²) in [6, 6.07) is 3.97. The highest BCUT2D eigenvalue weighted by atomic mass is 32.2. The Hall–Kier alpha value is -0.960. The van der Waals surface area contributed by atoms with Crippen molar-refractivity contribution in [2.24, 2.45) is 5.92 Å². The molecule has 0 bridgehead atoms. The van der Waals surface area contributed by atoms with Crippen molar-refractivity contribution < 1.29 is 9.90 Å². The highest BCUT2D eigenvalue weighted by Crippen LogP contribution is 2.25. The fourth-order valence-electron chi connectivity index (χ4n) is 2.22. The smallest absolute Gasteiger partial charge is 0.220 e. The van der Waals surface area contributed by atoms with Crippen LogP contribution in [-0.4, -0.2) is 29.1 Å². The molecule has 21 heavy (non-hydrogen) atoms. The van der Waals surface area contributed by atoms with E-state index in [1.807, 2.05) is 23.9 Å². The zero-order valence-electron chi connectivity index (χ0n) is 12.1. The van der Waals surface area contributed by atoms with Crippen LogP contribution in [0.2, 0.25) is 0 Å². The van der Waals surface area contributed by atoms with Crippen molar-refractivity contribution in [1.82, 2.24) is 5.32 Å². The van der Waals surface area contributed by atoms with E-state index in [4.69, 9.17) is 5.11 Å². The summed E-state index contributed by atoms with van der Waals surface area (Å²) in [4.78, 5) is 14.0. The lowest BCUT2D eigenvalue weighted by Crippen LogP contribution is -2.26. The number of thiophene rings is 1. The number of rotatable bonds is 5. The van der Waals surface area contributed by atoms with Crippen molar-refractivity contribution >= 4 is 29.0 Å². The average molecular weight is 323 g/mol. The van der Waals surface area contributed by atoms with Gasteiger partial charge in [-0.15, -0.1) is 11.3 Å². The number of carbonyl (C=O) groups is 1. The molecule has 3 nitrogen and oxygen atoms in total. The van der Waals surface area contributed by atoms with E-state index in [9.17, 15) is 4.79 Å². The molecule has 114 valence electrons. The predicted octanol–water partition coefficient (Wildman–Crippen LogP) is 2.63. The summed E-state index contributed by atoms with van der Waals surface area (Å²) in [6.45, 7) is 0.688. The number of aliphatic hydroxyl groups is 1. The first-order valence-corrected chi connectivity index (χ1v) is 9.28. The van der Waals surface area contributed by atoms with Crippen molar-refractivity contribution in [3.63, 3.8) is 0 Å². The quantitative estimate of drug-likeness (QED) is 0.819. The third kappa shape index (κ3) is 6.13. The van der Waals surface area contributed by atoms with Gasteiger partial charge in [0.1, 0.15) is 0 Å². The number of thioether (sulfide) groups is 1. The van der Waals surface area contributed by atoms with Gasteiger partial charge in [-0.05, 0) is 42.4 Å². The van der Waals surface area contributed by atoms with Crippen LogP contribution < -0.4 is 5.32 Å². The topological polar surface area (TPSA) is 49.3 Å². The van der Waals surface area contributed by atoms with E-state index in [1.165, 1.54) is 24.3 Å². The van der Waals surface area contributed by atoms with Gasteiger partial charge in [-0.1, -0.05) is 11.8 Å². The van der Waals surface area contributed by atoms with Gasteiger partial charge in [0, 0.05) is 17.7 Å². The summed E-state index contributed by atoms with van der Waals surface area (Å²) in [5.41, 5.74) is 0. The highest BCUT2D eigenvalue weighted by molar-refractivity contribution is 7.99. The average Bonchev–Trinajstić information content (AvgIpc) is 2.94. The Morgan fingerprint density at radius 2 is 2.19 bits per heavy atom. The van der Waals surface area contributed by atoms with E-state index in [0.29, 0.717) is 25.3 Å². The Labute approximate surface area is 134 Å². The summed E-state index contributed by atoms with van der Waals surface area (Å²) >= 11 is 3.59. The number of hydrogen-bond acceptors (Lipinski definition) is 4. The molecule has 2 N–H and O–H groups in total. The fourth-order valence-corrected chi connectivity index (χ4v) is 4.24. The standard InChI is InChI=1S/C16H21NO2S2/c18-8-2-1-3-14-4-5-15(21-14)12-17-16(19)11-13-6-9-20-10-7-13/h4-5,13,18H,2,6-12H2,(H,17,19). The lowest BCUT2D eigenvalue weighted by Gasteiger charge is -2.20. The largest absolute Gasteiger partial charge is 0.395 e. The maximum Gasteiger partial charge on any atom is 0.220 e. The molecule has 1 amide bonds. The van der Waals surface area contributed by atoms with E-state index < -0.39 is 0 Å². The maximum absolute atomic E-state index is 11.9. The summed E-state index contributed by atoms with van der Waals surface area (Å²) in [5.74, 6) is 9.03. The second-order valence-electron chi connectivity index (χ2n) is 5.08. The second kappa shape index (κ2) is 9.14. The van der Waals surface area contributed by atoms with Gasteiger partial charge in [0.05, 0.1) is 18.0 Å².